The highest BCUT2D eigenvalue weighted by atomic mass is 14.9. The zero-order valence-corrected chi connectivity index (χ0v) is 11.2. The van der Waals surface area contributed by atoms with Crippen molar-refractivity contribution in [2.45, 2.75) is 38.6 Å². The summed E-state index contributed by atoms with van der Waals surface area (Å²) in [5.74, 6) is 0.593. The van der Waals surface area contributed by atoms with Crippen LogP contribution in [0.2, 0.25) is 0 Å². The maximum Gasteiger partial charge on any atom is 0.0336 e. The van der Waals surface area contributed by atoms with Gasteiger partial charge in [0.1, 0.15) is 0 Å². The van der Waals surface area contributed by atoms with Crippen molar-refractivity contribution in [3.05, 3.63) is 35.4 Å². The van der Waals surface area contributed by atoms with Gasteiger partial charge in [-0.3, -0.25) is 0 Å². The van der Waals surface area contributed by atoms with E-state index in [2.05, 4.69) is 50.4 Å². The van der Waals surface area contributed by atoms with E-state index in [-0.39, 0.29) is 11.5 Å². The summed E-state index contributed by atoms with van der Waals surface area (Å²) in [4.78, 5) is 0. The van der Waals surface area contributed by atoms with Gasteiger partial charge in [0, 0.05) is 6.04 Å². The van der Waals surface area contributed by atoms with Gasteiger partial charge in [-0.25, -0.2) is 0 Å². The number of hydrogen-bond donors (Lipinski definition) is 2. The topological polar surface area (TPSA) is 38.0 Å². The first-order chi connectivity index (χ1) is 7.98. The fourth-order valence-electron chi connectivity index (χ4n) is 2.46. The molecule has 2 nitrogen and oxygen atoms in total. The lowest BCUT2D eigenvalue weighted by Crippen LogP contribution is -2.23. The Hall–Kier alpha value is -0.860. The number of rotatable bonds is 2. The second-order valence-corrected chi connectivity index (χ2v) is 6.15. The van der Waals surface area contributed by atoms with Gasteiger partial charge in [0.05, 0.1) is 0 Å². The van der Waals surface area contributed by atoms with Gasteiger partial charge in [0.15, 0.2) is 0 Å². The highest BCUT2D eigenvalue weighted by Gasteiger charge is 2.23. The van der Waals surface area contributed by atoms with Gasteiger partial charge in [-0.15, -0.1) is 0 Å². The molecule has 0 spiro atoms. The highest BCUT2D eigenvalue weighted by molar-refractivity contribution is 5.29. The Kier molecular flexibility index (Phi) is 3.55. The molecular weight excluding hydrogens is 208 g/mol. The smallest absolute Gasteiger partial charge is 0.0336 e. The Labute approximate surface area is 105 Å². The van der Waals surface area contributed by atoms with Crippen molar-refractivity contribution in [2.24, 2.45) is 11.7 Å². The molecule has 0 amide bonds. The molecule has 1 heterocycles. The molecule has 1 aromatic rings. The number of nitrogens with one attached hydrogen (secondary N) is 1. The largest absolute Gasteiger partial charge is 0.324 e. The standard InChI is InChI=1S/C15H24N2/c1-15(2,3)13-6-4-11(5-7-13)14(16)12-8-9-17-10-12/h4-7,12,14,17H,8-10,16H2,1-3H3. The summed E-state index contributed by atoms with van der Waals surface area (Å²) < 4.78 is 0. The van der Waals surface area contributed by atoms with E-state index in [0.717, 1.165) is 13.1 Å². The van der Waals surface area contributed by atoms with Crippen molar-refractivity contribution < 1.29 is 0 Å². The van der Waals surface area contributed by atoms with Crippen molar-refractivity contribution >= 4 is 0 Å². The van der Waals surface area contributed by atoms with Gasteiger partial charge in [-0.2, -0.15) is 0 Å². The predicted molar refractivity (Wildman–Crippen MR) is 73.0 cm³/mol. The number of nitrogens with two attached hydrogens (primary N) is 1. The predicted octanol–water partition coefficient (Wildman–Crippen LogP) is 2.59. The van der Waals surface area contributed by atoms with E-state index in [1.54, 1.807) is 0 Å². The van der Waals surface area contributed by atoms with Crippen LogP contribution in [0.25, 0.3) is 0 Å². The minimum atomic E-state index is 0.180. The molecule has 1 fully saturated rings. The Bertz CT molecular complexity index is 356. The normalized spacial score (nSPS) is 22.7. The van der Waals surface area contributed by atoms with Crippen LogP contribution >= 0.6 is 0 Å². The molecule has 1 aromatic carbocycles. The summed E-state index contributed by atoms with van der Waals surface area (Å²) in [5.41, 5.74) is 9.18. The van der Waals surface area contributed by atoms with E-state index in [4.69, 9.17) is 5.73 Å². The molecule has 3 N–H and O–H groups in total. The number of hydrogen-bond acceptors (Lipinski definition) is 2. The van der Waals surface area contributed by atoms with Crippen molar-refractivity contribution in [3.8, 4) is 0 Å². The van der Waals surface area contributed by atoms with Gasteiger partial charge in [-0.1, -0.05) is 45.0 Å². The maximum atomic E-state index is 6.32. The molecule has 2 heteroatoms. The maximum absolute atomic E-state index is 6.32. The van der Waals surface area contributed by atoms with E-state index >= 15 is 0 Å². The second-order valence-electron chi connectivity index (χ2n) is 6.15. The summed E-state index contributed by atoms with van der Waals surface area (Å²) in [6.45, 7) is 8.88. The van der Waals surface area contributed by atoms with Crippen LogP contribution in [0.15, 0.2) is 24.3 Å². The van der Waals surface area contributed by atoms with Crippen molar-refractivity contribution in [1.82, 2.24) is 5.32 Å². The van der Waals surface area contributed by atoms with Gasteiger partial charge >= 0.3 is 0 Å². The molecule has 1 saturated heterocycles. The lowest BCUT2D eigenvalue weighted by Gasteiger charge is -2.22. The van der Waals surface area contributed by atoms with E-state index < -0.39 is 0 Å². The van der Waals surface area contributed by atoms with Crippen LogP contribution < -0.4 is 11.1 Å². The molecule has 17 heavy (non-hydrogen) atoms. The SMILES string of the molecule is CC(C)(C)c1ccc(C(N)C2CCNC2)cc1. The Morgan fingerprint density at radius 2 is 1.88 bits per heavy atom. The van der Waals surface area contributed by atoms with Crippen molar-refractivity contribution in [1.29, 1.82) is 0 Å². The molecule has 0 radical (unpaired) electrons. The third-order valence-corrected chi connectivity index (χ3v) is 3.77. The summed E-state index contributed by atoms with van der Waals surface area (Å²) >= 11 is 0. The van der Waals surface area contributed by atoms with Crippen LogP contribution in [-0.2, 0) is 5.41 Å². The summed E-state index contributed by atoms with van der Waals surface area (Å²) in [5, 5.41) is 3.38. The molecule has 0 bridgehead atoms. The molecule has 1 aliphatic rings. The van der Waals surface area contributed by atoms with Crippen LogP contribution in [0, 0.1) is 5.92 Å². The molecule has 2 atom stereocenters. The van der Waals surface area contributed by atoms with E-state index in [1.165, 1.54) is 17.5 Å². The fraction of sp³-hybridized carbons (Fsp3) is 0.600. The number of benzene rings is 1. The summed E-state index contributed by atoms with van der Waals surface area (Å²) in [7, 11) is 0. The molecule has 0 aromatic heterocycles. The Morgan fingerprint density at radius 3 is 2.35 bits per heavy atom. The summed E-state index contributed by atoms with van der Waals surface area (Å²) in [6, 6.07) is 9.02. The average Bonchev–Trinajstić information content (AvgIpc) is 2.80. The fourth-order valence-corrected chi connectivity index (χ4v) is 2.46. The van der Waals surface area contributed by atoms with Gasteiger partial charge in [0.2, 0.25) is 0 Å². The molecule has 1 aliphatic heterocycles. The van der Waals surface area contributed by atoms with Crippen LogP contribution in [-0.4, -0.2) is 13.1 Å². The van der Waals surface area contributed by atoms with Crippen LogP contribution in [0.3, 0.4) is 0 Å². The van der Waals surface area contributed by atoms with E-state index in [9.17, 15) is 0 Å². The second kappa shape index (κ2) is 4.79. The van der Waals surface area contributed by atoms with Crippen molar-refractivity contribution in [3.63, 3.8) is 0 Å². The highest BCUT2D eigenvalue weighted by Crippen LogP contribution is 2.27. The van der Waals surface area contributed by atoms with E-state index in [0.29, 0.717) is 5.92 Å². The molecule has 0 aliphatic carbocycles. The zero-order chi connectivity index (χ0) is 12.5. The van der Waals surface area contributed by atoms with Crippen LogP contribution in [0.4, 0.5) is 0 Å². The van der Waals surface area contributed by atoms with E-state index in [1.807, 2.05) is 0 Å². The van der Waals surface area contributed by atoms with Gasteiger partial charge in [0.25, 0.3) is 0 Å². The third-order valence-electron chi connectivity index (χ3n) is 3.77. The molecule has 2 rings (SSSR count). The first-order valence-electron chi connectivity index (χ1n) is 6.55. The van der Waals surface area contributed by atoms with Gasteiger partial charge < -0.3 is 11.1 Å². The zero-order valence-electron chi connectivity index (χ0n) is 11.2. The Balaban J connectivity index is 2.12. The summed E-state index contributed by atoms with van der Waals surface area (Å²) in [6.07, 6.45) is 1.20. The molecule has 2 unspecified atom stereocenters. The van der Waals surface area contributed by atoms with Crippen molar-refractivity contribution in [2.75, 3.05) is 13.1 Å². The average molecular weight is 232 g/mol. The van der Waals surface area contributed by atoms with Gasteiger partial charge in [-0.05, 0) is 42.0 Å². The quantitative estimate of drug-likeness (QED) is 0.822. The first-order valence-corrected chi connectivity index (χ1v) is 6.55. The van der Waals surface area contributed by atoms with Crippen LogP contribution in [0.1, 0.15) is 44.4 Å². The monoisotopic (exact) mass is 232 g/mol. The minimum absolute atomic E-state index is 0.180. The first kappa shape index (κ1) is 12.6. The lowest BCUT2D eigenvalue weighted by molar-refractivity contribution is 0.469. The third kappa shape index (κ3) is 2.88. The Morgan fingerprint density at radius 1 is 1.24 bits per heavy atom. The minimum Gasteiger partial charge on any atom is -0.324 e. The molecule has 94 valence electrons. The lowest BCUT2D eigenvalue weighted by atomic mass is 9.85. The molecule has 0 saturated carbocycles. The van der Waals surface area contributed by atoms with Crippen LogP contribution in [0.5, 0.6) is 0 Å². The molecular formula is C15H24N2.